The lowest BCUT2D eigenvalue weighted by molar-refractivity contribution is -0.137. The molecule has 0 bridgehead atoms. The molecule has 0 aromatic carbocycles. The molecule has 19 heavy (non-hydrogen) atoms. The van der Waals surface area contributed by atoms with Crippen LogP contribution in [0.1, 0.15) is 58.8 Å². The number of urea groups is 1. The van der Waals surface area contributed by atoms with Crippen LogP contribution in [0.2, 0.25) is 0 Å². The molecule has 5 nitrogen and oxygen atoms in total. The lowest BCUT2D eigenvalue weighted by Crippen LogP contribution is -2.56. The van der Waals surface area contributed by atoms with Crippen LogP contribution >= 0.6 is 0 Å². The van der Waals surface area contributed by atoms with E-state index in [1.807, 2.05) is 6.92 Å². The van der Waals surface area contributed by atoms with E-state index in [0.717, 1.165) is 25.7 Å². The van der Waals surface area contributed by atoms with Crippen LogP contribution in [-0.4, -0.2) is 29.2 Å². The van der Waals surface area contributed by atoms with Gasteiger partial charge in [-0.3, -0.25) is 4.79 Å². The first-order valence-corrected chi connectivity index (χ1v) is 7.25. The minimum absolute atomic E-state index is 0.0268. The second-order valence-electron chi connectivity index (χ2n) is 5.69. The third-order valence-corrected chi connectivity index (χ3v) is 4.14. The van der Waals surface area contributed by atoms with Gasteiger partial charge in [0.25, 0.3) is 0 Å². The van der Waals surface area contributed by atoms with Crippen molar-refractivity contribution in [2.45, 2.75) is 64.3 Å². The number of carboxylic acids is 1. The number of hydrogen-bond acceptors (Lipinski definition) is 2. The van der Waals surface area contributed by atoms with Crippen LogP contribution in [0, 0.1) is 5.92 Å². The molecule has 1 saturated carbocycles. The van der Waals surface area contributed by atoms with Gasteiger partial charge >= 0.3 is 12.0 Å². The molecule has 0 radical (unpaired) electrons. The summed E-state index contributed by atoms with van der Waals surface area (Å²) in [6, 6.07) is -0.0908. The van der Waals surface area contributed by atoms with Crippen LogP contribution in [0.5, 0.6) is 0 Å². The molecular formula is C14H26N2O3. The Morgan fingerprint density at radius 3 is 2.47 bits per heavy atom. The molecule has 1 unspecified atom stereocenters. The Morgan fingerprint density at radius 1 is 1.32 bits per heavy atom. The molecule has 0 saturated heterocycles. The number of carbonyl (C=O) groups is 2. The molecule has 0 spiro atoms. The van der Waals surface area contributed by atoms with Crippen molar-refractivity contribution in [2.75, 3.05) is 6.54 Å². The molecule has 1 rings (SSSR count). The van der Waals surface area contributed by atoms with Gasteiger partial charge in [0.2, 0.25) is 0 Å². The van der Waals surface area contributed by atoms with E-state index in [4.69, 9.17) is 5.11 Å². The Kier molecular flexibility index (Phi) is 6.12. The van der Waals surface area contributed by atoms with Gasteiger partial charge in [-0.2, -0.15) is 0 Å². The van der Waals surface area contributed by atoms with Gasteiger partial charge in [-0.25, -0.2) is 4.79 Å². The van der Waals surface area contributed by atoms with E-state index >= 15 is 0 Å². The summed E-state index contributed by atoms with van der Waals surface area (Å²) in [5.41, 5.74) is 0.0268. The monoisotopic (exact) mass is 270 g/mol. The molecule has 1 aliphatic carbocycles. The fourth-order valence-electron chi connectivity index (χ4n) is 2.40. The highest BCUT2D eigenvalue weighted by Crippen LogP contribution is 2.34. The van der Waals surface area contributed by atoms with E-state index < -0.39 is 5.97 Å². The van der Waals surface area contributed by atoms with Gasteiger partial charge in [-0.15, -0.1) is 0 Å². The minimum Gasteiger partial charge on any atom is -0.481 e. The third-order valence-electron chi connectivity index (χ3n) is 4.14. The molecule has 5 heteroatoms. The number of aliphatic carboxylic acids is 1. The number of carboxylic acid groups (broad SMARTS) is 1. The van der Waals surface area contributed by atoms with Gasteiger partial charge in [-0.05, 0) is 44.4 Å². The van der Waals surface area contributed by atoms with Gasteiger partial charge in [0.1, 0.15) is 0 Å². The largest absolute Gasteiger partial charge is 0.481 e. The van der Waals surface area contributed by atoms with Gasteiger partial charge in [0.15, 0.2) is 0 Å². The second-order valence-corrected chi connectivity index (χ2v) is 5.69. The lowest BCUT2D eigenvalue weighted by Gasteiger charge is -2.41. The highest BCUT2D eigenvalue weighted by molar-refractivity contribution is 5.74. The highest BCUT2D eigenvalue weighted by Gasteiger charge is 2.36. The standard InChI is InChI=1S/C14H26N2O3/c1-3-14(8-4-9-14)16-13(19)15-10-7-11(2)5-6-12(17)18/h11H,3-10H2,1-2H3,(H,17,18)(H2,15,16,19). The minimum atomic E-state index is -0.757. The summed E-state index contributed by atoms with van der Waals surface area (Å²) < 4.78 is 0. The summed E-state index contributed by atoms with van der Waals surface area (Å²) in [5, 5.41) is 14.5. The van der Waals surface area contributed by atoms with E-state index in [2.05, 4.69) is 17.6 Å². The maximum atomic E-state index is 11.7. The van der Waals surface area contributed by atoms with Crippen molar-refractivity contribution in [1.82, 2.24) is 10.6 Å². The van der Waals surface area contributed by atoms with Crippen LogP contribution in [0.15, 0.2) is 0 Å². The maximum Gasteiger partial charge on any atom is 0.315 e. The lowest BCUT2D eigenvalue weighted by atomic mass is 9.75. The normalized spacial score (nSPS) is 18.2. The topological polar surface area (TPSA) is 78.4 Å². The molecule has 1 fully saturated rings. The number of amides is 2. The molecule has 0 aliphatic heterocycles. The second kappa shape index (κ2) is 7.36. The van der Waals surface area contributed by atoms with Gasteiger partial charge in [-0.1, -0.05) is 13.8 Å². The Labute approximate surface area is 115 Å². The van der Waals surface area contributed by atoms with Crippen molar-refractivity contribution in [2.24, 2.45) is 5.92 Å². The van der Waals surface area contributed by atoms with Crippen LogP contribution in [0.3, 0.4) is 0 Å². The third kappa shape index (κ3) is 5.49. The first-order valence-electron chi connectivity index (χ1n) is 7.25. The number of rotatable bonds is 8. The molecular weight excluding hydrogens is 244 g/mol. The highest BCUT2D eigenvalue weighted by atomic mass is 16.4. The predicted molar refractivity (Wildman–Crippen MR) is 74.1 cm³/mol. The molecule has 2 amide bonds. The van der Waals surface area contributed by atoms with Crippen LogP contribution < -0.4 is 10.6 Å². The zero-order valence-corrected chi connectivity index (χ0v) is 12.0. The molecule has 0 aromatic rings. The molecule has 110 valence electrons. The van der Waals surface area contributed by atoms with E-state index in [1.54, 1.807) is 0 Å². The fourth-order valence-corrected chi connectivity index (χ4v) is 2.40. The molecule has 3 N–H and O–H groups in total. The Balaban J connectivity index is 2.11. The van der Waals surface area contributed by atoms with Crippen molar-refractivity contribution in [1.29, 1.82) is 0 Å². The van der Waals surface area contributed by atoms with Crippen molar-refractivity contribution in [3.8, 4) is 0 Å². The Morgan fingerprint density at radius 2 is 2.00 bits per heavy atom. The fraction of sp³-hybridized carbons (Fsp3) is 0.857. The molecule has 0 heterocycles. The zero-order valence-electron chi connectivity index (χ0n) is 12.0. The quantitative estimate of drug-likeness (QED) is 0.634. The molecule has 1 aliphatic rings. The summed E-state index contributed by atoms with van der Waals surface area (Å²) in [6.07, 6.45) is 6.01. The number of hydrogen-bond donors (Lipinski definition) is 3. The van der Waals surface area contributed by atoms with Crippen LogP contribution in [-0.2, 0) is 4.79 Å². The summed E-state index contributed by atoms with van der Waals surface area (Å²) in [6.45, 7) is 4.72. The summed E-state index contributed by atoms with van der Waals surface area (Å²) in [4.78, 5) is 22.2. The van der Waals surface area contributed by atoms with Crippen molar-refractivity contribution >= 4 is 12.0 Å². The summed E-state index contributed by atoms with van der Waals surface area (Å²) in [5.74, 6) is -0.437. The van der Waals surface area contributed by atoms with Gasteiger partial charge in [0, 0.05) is 18.5 Å². The average molecular weight is 270 g/mol. The van der Waals surface area contributed by atoms with E-state index in [9.17, 15) is 9.59 Å². The number of carbonyl (C=O) groups excluding carboxylic acids is 1. The summed E-state index contributed by atoms with van der Waals surface area (Å²) >= 11 is 0. The average Bonchev–Trinajstić information content (AvgIpc) is 2.31. The Hall–Kier alpha value is -1.26. The van der Waals surface area contributed by atoms with Crippen molar-refractivity contribution in [3.05, 3.63) is 0 Å². The van der Waals surface area contributed by atoms with Crippen LogP contribution in [0.4, 0.5) is 4.79 Å². The van der Waals surface area contributed by atoms with E-state index in [-0.39, 0.29) is 18.0 Å². The SMILES string of the molecule is CCC1(NC(=O)NCCC(C)CCC(=O)O)CCC1. The zero-order chi connectivity index (χ0) is 14.3. The van der Waals surface area contributed by atoms with Crippen LogP contribution in [0.25, 0.3) is 0 Å². The van der Waals surface area contributed by atoms with Gasteiger partial charge in [0.05, 0.1) is 0 Å². The van der Waals surface area contributed by atoms with Crippen molar-refractivity contribution < 1.29 is 14.7 Å². The molecule has 1 atom stereocenters. The first-order chi connectivity index (χ1) is 8.97. The van der Waals surface area contributed by atoms with Gasteiger partial charge < -0.3 is 15.7 Å². The maximum absolute atomic E-state index is 11.7. The van der Waals surface area contributed by atoms with Crippen molar-refractivity contribution in [3.63, 3.8) is 0 Å². The van der Waals surface area contributed by atoms with E-state index in [1.165, 1.54) is 6.42 Å². The first kappa shape index (κ1) is 15.8. The molecule has 0 aromatic heterocycles. The van der Waals surface area contributed by atoms with E-state index in [0.29, 0.717) is 18.9 Å². The predicted octanol–water partition coefficient (Wildman–Crippen LogP) is 2.51. The summed E-state index contributed by atoms with van der Waals surface area (Å²) in [7, 11) is 0. The smallest absolute Gasteiger partial charge is 0.315 e. The Bertz CT molecular complexity index is 308. The number of nitrogens with one attached hydrogen (secondary N) is 2.